The molecule has 3 aromatic carbocycles. The number of Topliss-reactive ketones (excluding diaryl/α,β-unsaturated/α-hetero) is 1. The van der Waals surface area contributed by atoms with Crippen molar-refractivity contribution in [2.24, 2.45) is 0 Å². The fourth-order valence-corrected chi connectivity index (χ4v) is 5.87. The van der Waals surface area contributed by atoms with Crippen molar-refractivity contribution in [1.82, 2.24) is 0 Å². The third kappa shape index (κ3) is 7.41. The van der Waals surface area contributed by atoms with E-state index in [0.29, 0.717) is 6.42 Å². The van der Waals surface area contributed by atoms with Crippen molar-refractivity contribution in [3.8, 4) is 11.5 Å². The van der Waals surface area contributed by atoms with Crippen molar-refractivity contribution in [2.45, 2.75) is 70.6 Å². The van der Waals surface area contributed by atoms with Crippen molar-refractivity contribution < 1.29 is 56.8 Å². The van der Waals surface area contributed by atoms with Gasteiger partial charge in [0, 0.05) is 38.1 Å². The first-order valence-corrected chi connectivity index (χ1v) is 15.5. The van der Waals surface area contributed by atoms with Crippen LogP contribution < -0.4 is 9.47 Å². The molecule has 6 atom stereocenters. The SMILES string of the molecule is CC(=O)Oc1cccc(O[C@@H]2O[C@@H]3COC(c4ccccc4)O[C@H]3[C@H](OC(C)=O)[C@H]2OC(C)=O)c1C(=O)CCc1ccc2occc2c1. The molecule has 12 nitrogen and oxygen atoms in total. The lowest BCUT2D eigenvalue weighted by molar-refractivity contribution is -0.351. The van der Waals surface area contributed by atoms with Crippen LogP contribution in [0.25, 0.3) is 11.0 Å². The molecule has 2 aliphatic heterocycles. The predicted octanol–water partition coefficient (Wildman–Crippen LogP) is 5.25. The van der Waals surface area contributed by atoms with Crippen LogP contribution in [0.1, 0.15) is 55.0 Å². The number of fused-ring (bicyclic) bond motifs is 2. The average molecular weight is 659 g/mol. The zero-order valence-corrected chi connectivity index (χ0v) is 26.5. The highest BCUT2D eigenvalue weighted by molar-refractivity contribution is 6.02. The van der Waals surface area contributed by atoms with E-state index < -0.39 is 54.9 Å². The van der Waals surface area contributed by atoms with E-state index in [2.05, 4.69) is 0 Å². The number of ether oxygens (including phenoxy) is 7. The molecular weight excluding hydrogens is 624 g/mol. The van der Waals surface area contributed by atoms with Gasteiger partial charge in [-0.15, -0.1) is 0 Å². The molecule has 0 bridgehead atoms. The van der Waals surface area contributed by atoms with Gasteiger partial charge in [0.2, 0.25) is 12.4 Å². The minimum atomic E-state index is -1.39. The van der Waals surface area contributed by atoms with Gasteiger partial charge in [-0.05, 0) is 42.3 Å². The van der Waals surface area contributed by atoms with Crippen LogP contribution in [0.2, 0.25) is 0 Å². The normalized spacial score (nSPS) is 23.5. The highest BCUT2D eigenvalue weighted by Gasteiger charge is 2.54. The predicted molar refractivity (Wildman–Crippen MR) is 167 cm³/mol. The summed E-state index contributed by atoms with van der Waals surface area (Å²) in [5, 5.41) is 0.904. The average Bonchev–Trinajstić information content (AvgIpc) is 3.53. The van der Waals surface area contributed by atoms with Crippen LogP contribution in [0.4, 0.5) is 0 Å². The van der Waals surface area contributed by atoms with Crippen LogP contribution >= 0.6 is 0 Å². The van der Waals surface area contributed by atoms with Crippen LogP contribution in [0.5, 0.6) is 11.5 Å². The van der Waals surface area contributed by atoms with E-state index in [-0.39, 0.29) is 35.9 Å². The molecule has 6 rings (SSSR count). The van der Waals surface area contributed by atoms with Crippen molar-refractivity contribution in [2.75, 3.05) is 6.61 Å². The number of aryl methyl sites for hydroxylation is 1. The van der Waals surface area contributed by atoms with Crippen LogP contribution in [-0.4, -0.2) is 61.0 Å². The summed E-state index contributed by atoms with van der Waals surface area (Å²) in [4.78, 5) is 50.6. The highest BCUT2D eigenvalue weighted by Crippen LogP contribution is 2.39. The fraction of sp³-hybridized carbons (Fsp3) is 0.333. The number of esters is 3. The summed E-state index contributed by atoms with van der Waals surface area (Å²) in [6.45, 7) is 3.67. The standard InChI is InChI=1S/C36H34O12/c1-20(37)43-28-10-7-11-29(31(28)26(40)14-12-23-13-15-27-25(18-23)16-17-41-27)46-36-34(45-22(3)39)33(44-21(2)38)32-30(47-36)19-42-35(48-32)24-8-5-4-6-9-24/h4-11,13,15-18,30,32-36H,12,14,19H2,1-3H3/t30-,32-,33+,34-,35?,36-/m1/s1. The molecule has 2 saturated heterocycles. The molecule has 12 heteroatoms. The molecule has 0 saturated carbocycles. The Bertz CT molecular complexity index is 1800. The van der Waals surface area contributed by atoms with Crippen LogP contribution in [-0.2, 0) is 44.5 Å². The molecule has 0 spiro atoms. The van der Waals surface area contributed by atoms with Gasteiger partial charge < -0.3 is 37.6 Å². The summed E-state index contributed by atoms with van der Waals surface area (Å²) in [6, 6.07) is 21.2. The fourth-order valence-electron chi connectivity index (χ4n) is 5.87. The lowest BCUT2D eigenvalue weighted by atomic mass is 9.96. The summed E-state index contributed by atoms with van der Waals surface area (Å²) >= 11 is 0. The molecular formula is C36H34O12. The first kappa shape index (κ1) is 32.9. The minimum absolute atomic E-state index is 0.00558. The van der Waals surface area contributed by atoms with E-state index in [0.717, 1.165) is 22.1 Å². The molecule has 1 unspecified atom stereocenters. The number of furan rings is 1. The second-order valence-electron chi connectivity index (χ2n) is 11.4. The van der Waals surface area contributed by atoms with E-state index in [4.69, 9.17) is 37.6 Å². The third-order valence-corrected chi connectivity index (χ3v) is 7.88. The Morgan fingerprint density at radius 3 is 2.29 bits per heavy atom. The number of benzene rings is 3. The quantitative estimate of drug-likeness (QED) is 0.125. The molecule has 2 aliphatic rings. The number of ketones is 1. The number of carbonyl (C=O) groups is 4. The van der Waals surface area contributed by atoms with E-state index >= 15 is 0 Å². The van der Waals surface area contributed by atoms with E-state index in [1.165, 1.54) is 32.9 Å². The smallest absolute Gasteiger partial charge is 0.308 e. The summed E-state index contributed by atoms with van der Waals surface area (Å²) in [5.74, 6) is -2.37. The second-order valence-corrected chi connectivity index (χ2v) is 11.4. The maximum Gasteiger partial charge on any atom is 0.308 e. The van der Waals surface area contributed by atoms with Gasteiger partial charge in [-0.25, -0.2) is 0 Å². The minimum Gasteiger partial charge on any atom is -0.464 e. The highest BCUT2D eigenvalue weighted by atomic mass is 16.8. The van der Waals surface area contributed by atoms with Gasteiger partial charge in [-0.1, -0.05) is 42.5 Å². The molecule has 3 heterocycles. The lowest BCUT2D eigenvalue weighted by Gasteiger charge is -2.47. The number of hydrogen-bond acceptors (Lipinski definition) is 12. The van der Waals surface area contributed by atoms with Gasteiger partial charge in [0.15, 0.2) is 18.2 Å². The van der Waals surface area contributed by atoms with E-state index in [9.17, 15) is 19.2 Å². The van der Waals surface area contributed by atoms with Crippen LogP contribution in [0, 0.1) is 0 Å². The molecule has 0 radical (unpaired) electrons. The maximum absolute atomic E-state index is 13.8. The Kier molecular flexibility index (Phi) is 9.85. The Hall–Kier alpha value is -5.04. The third-order valence-electron chi connectivity index (χ3n) is 7.88. The molecule has 1 aromatic heterocycles. The molecule has 250 valence electrons. The first-order valence-electron chi connectivity index (χ1n) is 15.5. The van der Waals surface area contributed by atoms with Crippen molar-refractivity contribution in [1.29, 1.82) is 0 Å². The van der Waals surface area contributed by atoms with Gasteiger partial charge in [-0.3, -0.25) is 19.2 Å². The second kappa shape index (κ2) is 14.4. The van der Waals surface area contributed by atoms with Crippen LogP contribution in [0.15, 0.2) is 83.5 Å². The molecule has 4 aromatic rings. The van der Waals surface area contributed by atoms with E-state index in [1.807, 2.05) is 54.6 Å². The van der Waals surface area contributed by atoms with Crippen molar-refractivity contribution in [3.05, 3.63) is 95.7 Å². The van der Waals surface area contributed by atoms with Crippen LogP contribution in [0.3, 0.4) is 0 Å². The Morgan fingerprint density at radius 2 is 1.54 bits per heavy atom. The summed E-state index contributed by atoms with van der Waals surface area (Å²) in [5.41, 5.74) is 2.36. The van der Waals surface area contributed by atoms with Gasteiger partial charge in [0.1, 0.15) is 34.9 Å². The zero-order valence-electron chi connectivity index (χ0n) is 26.5. The monoisotopic (exact) mass is 658 g/mol. The molecule has 0 amide bonds. The Morgan fingerprint density at radius 1 is 0.792 bits per heavy atom. The molecule has 0 aliphatic carbocycles. The van der Waals surface area contributed by atoms with Gasteiger partial charge in [0.05, 0.1) is 12.9 Å². The number of hydrogen-bond donors (Lipinski definition) is 0. The molecule has 0 N–H and O–H groups in total. The summed E-state index contributed by atoms with van der Waals surface area (Å²) in [6.07, 6.45) is -4.39. The van der Waals surface area contributed by atoms with E-state index in [1.54, 1.807) is 12.3 Å². The van der Waals surface area contributed by atoms with Gasteiger partial charge in [-0.2, -0.15) is 0 Å². The topological polar surface area (TPSA) is 146 Å². The lowest BCUT2D eigenvalue weighted by Crippen LogP contribution is -2.65. The first-order chi connectivity index (χ1) is 23.2. The molecule has 2 fully saturated rings. The summed E-state index contributed by atoms with van der Waals surface area (Å²) < 4.78 is 46.9. The van der Waals surface area contributed by atoms with Gasteiger partial charge >= 0.3 is 17.9 Å². The maximum atomic E-state index is 13.8. The zero-order chi connectivity index (χ0) is 33.8. The molecule has 48 heavy (non-hydrogen) atoms. The largest absolute Gasteiger partial charge is 0.464 e. The number of rotatable bonds is 10. The van der Waals surface area contributed by atoms with Crippen molar-refractivity contribution >= 4 is 34.7 Å². The Balaban J connectivity index is 1.30. The number of carbonyl (C=O) groups excluding carboxylic acids is 4. The Labute approximate surface area is 275 Å². The summed E-state index contributed by atoms with van der Waals surface area (Å²) in [7, 11) is 0. The van der Waals surface area contributed by atoms with Crippen molar-refractivity contribution in [3.63, 3.8) is 0 Å². The van der Waals surface area contributed by atoms with Gasteiger partial charge in [0.25, 0.3) is 0 Å².